The standard InChI is InChI=1S/C26H31NO2/c1-20(2)29-25-15-11-23(12-16-25)26(22-7-5-4-6-8-22)17-18-27-19-21-9-13-24(28-3)14-10-21/h4-16,20,26-27H,17-19H2,1-3H3/p+1/t26-/m1/s1. The molecule has 0 aliphatic heterocycles. The van der Waals surface area contributed by atoms with E-state index in [-0.39, 0.29) is 6.10 Å². The maximum atomic E-state index is 5.80. The largest absolute Gasteiger partial charge is 0.497 e. The van der Waals surface area contributed by atoms with Crippen molar-refractivity contribution in [3.63, 3.8) is 0 Å². The van der Waals surface area contributed by atoms with Crippen LogP contribution in [0.4, 0.5) is 0 Å². The lowest BCUT2D eigenvalue weighted by molar-refractivity contribution is -0.671. The van der Waals surface area contributed by atoms with Crippen LogP contribution < -0.4 is 14.8 Å². The lowest BCUT2D eigenvalue weighted by Gasteiger charge is -2.18. The number of ether oxygens (including phenoxy) is 2. The normalized spacial score (nSPS) is 12.0. The molecule has 29 heavy (non-hydrogen) atoms. The summed E-state index contributed by atoms with van der Waals surface area (Å²) in [6.45, 7) is 6.15. The van der Waals surface area contributed by atoms with Crippen LogP contribution in [-0.4, -0.2) is 19.8 Å². The first-order valence-corrected chi connectivity index (χ1v) is 10.4. The first kappa shape index (κ1) is 20.9. The van der Waals surface area contributed by atoms with Crippen LogP contribution in [0.15, 0.2) is 78.9 Å². The Bertz CT molecular complexity index is 842. The van der Waals surface area contributed by atoms with E-state index >= 15 is 0 Å². The Hall–Kier alpha value is -2.78. The van der Waals surface area contributed by atoms with Gasteiger partial charge in [-0.1, -0.05) is 42.5 Å². The highest BCUT2D eigenvalue weighted by molar-refractivity contribution is 5.36. The Morgan fingerprint density at radius 3 is 2.00 bits per heavy atom. The molecule has 152 valence electrons. The molecule has 0 aliphatic rings. The van der Waals surface area contributed by atoms with Gasteiger partial charge in [-0.15, -0.1) is 0 Å². The van der Waals surface area contributed by atoms with Crippen molar-refractivity contribution in [2.45, 2.75) is 38.8 Å². The van der Waals surface area contributed by atoms with Crippen LogP contribution in [0.1, 0.15) is 42.9 Å². The number of methoxy groups -OCH3 is 1. The summed E-state index contributed by atoms with van der Waals surface area (Å²) in [6, 6.07) is 27.7. The minimum atomic E-state index is 0.193. The van der Waals surface area contributed by atoms with E-state index in [0.717, 1.165) is 31.0 Å². The zero-order chi connectivity index (χ0) is 20.5. The van der Waals surface area contributed by atoms with Crippen LogP contribution in [0.3, 0.4) is 0 Å². The van der Waals surface area contributed by atoms with Gasteiger partial charge in [-0.2, -0.15) is 0 Å². The first-order valence-electron chi connectivity index (χ1n) is 10.4. The summed E-state index contributed by atoms with van der Waals surface area (Å²) in [5.74, 6) is 2.22. The third kappa shape index (κ3) is 6.37. The van der Waals surface area contributed by atoms with Crippen LogP contribution in [0.5, 0.6) is 11.5 Å². The van der Waals surface area contributed by atoms with Gasteiger partial charge >= 0.3 is 0 Å². The molecular formula is C26H32NO2+. The van der Waals surface area contributed by atoms with Gasteiger partial charge in [-0.25, -0.2) is 0 Å². The molecule has 0 saturated heterocycles. The summed E-state index contributed by atoms with van der Waals surface area (Å²) in [7, 11) is 1.70. The monoisotopic (exact) mass is 390 g/mol. The lowest BCUT2D eigenvalue weighted by atomic mass is 9.88. The predicted molar refractivity (Wildman–Crippen MR) is 119 cm³/mol. The summed E-state index contributed by atoms with van der Waals surface area (Å²) in [5, 5.41) is 2.38. The third-order valence-corrected chi connectivity index (χ3v) is 5.05. The van der Waals surface area contributed by atoms with E-state index in [1.165, 1.54) is 16.7 Å². The second-order valence-corrected chi connectivity index (χ2v) is 7.62. The molecular weight excluding hydrogens is 358 g/mol. The third-order valence-electron chi connectivity index (χ3n) is 5.05. The van der Waals surface area contributed by atoms with Crippen LogP contribution in [0.2, 0.25) is 0 Å². The van der Waals surface area contributed by atoms with Gasteiger partial charge in [-0.3, -0.25) is 0 Å². The first-order chi connectivity index (χ1) is 14.2. The topological polar surface area (TPSA) is 35.1 Å². The van der Waals surface area contributed by atoms with Crippen molar-refractivity contribution in [2.24, 2.45) is 0 Å². The number of hydrogen-bond donors (Lipinski definition) is 1. The fraction of sp³-hybridized carbons (Fsp3) is 0.308. The van der Waals surface area contributed by atoms with E-state index in [1.807, 2.05) is 12.1 Å². The van der Waals surface area contributed by atoms with E-state index in [2.05, 4.69) is 85.9 Å². The van der Waals surface area contributed by atoms with E-state index < -0.39 is 0 Å². The zero-order valence-corrected chi connectivity index (χ0v) is 17.7. The van der Waals surface area contributed by atoms with Crippen molar-refractivity contribution >= 4 is 0 Å². The van der Waals surface area contributed by atoms with Crippen molar-refractivity contribution < 1.29 is 14.8 Å². The number of rotatable bonds is 10. The molecule has 0 radical (unpaired) electrons. The van der Waals surface area contributed by atoms with E-state index in [4.69, 9.17) is 9.47 Å². The summed E-state index contributed by atoms with van der Waals surface area (Å²) >= 11 is 0. The van der Waals surface area contributed by atoms with Crippen LogP contribution in [0, 0.1) is 0 Å². The summed E-state index contributed by atoms with van der Waals surface area (Å²) in [6.07, 6.45) is 1.28. The fourth-order valence-electron chi connectivity index (χ4n) is 3.58. The quantitative estimate of drug-likeness (QED) is 0.506. The molecule has 0 fully saturated rings. The lowest BCUT2D eigenvalue weighted by Crippen LogP contribution is -2.82. The maximum Gasteiger partial charge on any atom is 0.119 e. The Labute approximate surface area is 174 Å². The van der Waals surface area contributed by atoms with Crippen LogP contribution in [-0.2, 0) is 6.54 Å². The molecule has 0 aromatic heterocycles. The number of benzene rings is 3. The molecule has 0 bridgehead atoms. The molecule has 3 aromatic carbocycles. The van der Waals surface area contributed by atoms with E-state index in [1.54, 1.807) is 7.11 Å². The van der Waals surface area contributed by atoms with Crippen molar-refractivity contribution in [1.29, 1.82) is 0 Å². The van der Waals surface area contributed by atoms with Crippen molar-refractivity contribution in [2.75, 3.05) is 13.7 Å². The van der Waals surface area contributed by atoms with Gasteiger partial charge < -0.3 is 14.8 Å². The van der Waals surface area contributed by atoms with E-state index in [9.17, 15) is 0 Å². The van der Waals surface area contributed by atoms with Crippen LogP contribution >= 0.6 is 0 Å². The van der Waals surface area contributed by atoms with Crippen molar-refractivity contribution in [3.8, 4) is 11.5 Å². The fourth-order valence-corrected chi connectivity index (χ4v) is 3.58. The molecule has 1 atom stereocenters. The maximum absolute atomic E-state index is 5.80. The molecule has 0 unspecified atom stereocenters. The van der Waals surface area contributed by atoms with Gasteiger partial charge in [0.15, 0.2) is 0 Å². The molecule has 0 saturated carbocycles. The second-order valence-electron chi connectivity index (χ2n) is 7.62. The molecule has 3 aromatic rings. The molecule has 3 heteroatoms. The summed E-state index contributed by atoms with van der Waals surface area (Å²) < 4.78 is 11.0. The second kappa shape index (κ2) is 10.7. The smallest absolute Gasteiger partial charge is 0.119 e. The summed E-state index contributed by atoms with van der Waals surface area (Å²) in [4.78, 5) is 0. The molecule has 3 rings (SSSR count). The molecule has 0 heterocycles. The Morgan fingerprint density at radius 1 is 0.759 bits per heavy atom. The van der Waals surface area contributed by atoms with E-state index in [0.29, 0.717) is 5.92 Å². The van der Waals surface area contributed by atoms with Gasteiger partial charge in [0.1, 0.15) is 18.0 Å². The highest BCUT2D eigenvalue weighted by Crippen LogP contribution is 2.29. The highest BCUT2D eigenvalue weighted by atomic mass is 16.5. The molecule has 0 amide bonds. The van der Waals surface area contributed by atoms with Gasteiger partial charge in [0.05, 0.1) is 19.8 Å². The van der Waals surface area contributed by atoms with Gasteiger partial charge in [-0.05, 0) is 61.4 Å². The SMILES string of the molecule is COc1ccc(C[NH2+]CC[C@H](c2ccccc2)c2ccc(OC(C)C)cc2)cc1. The Kier molecular flexibility index (Phi) is 7.71. The predicted octanol–water partition coefficient (Wildman–Crippen LogP) is 4.77. The van der Waals surface area contributed by atoms with Crippen molar-refractivity contribution in [3.05, 3.63) is 95.6 Å². The summed E-state index contributed by atoms with van der Waals surface area (Å²) in [5.41, 5.74) is 4.02. The number of quaternary nitrogens is 1. The molecule has 0 spiro atoms. The minimum Gasteiger partial charge on any atom is -0.497 e. The highest BCUT2D eigenvalue weighted by Gasteiger charge is 2.15. The average molecular weight is 391 g/mol. The van der Waals surface area contributed by atoms with Gasteiger partial charge in [0.25, 0.3) is 0 Å². The Balaban J connectivity index is 1.63. The number of hydrogen-bond acceptors (Lipinski definition) is 2. The van der Waals surface area contributed by atoms with Gasteiger partial charge in [0, 0.05) is 17.9 Å². The number of nitrogens with two attached hydrogens (primary N) is 1. The van der Waals surface area contributed by atoms with Crippen LogP contribution in [0.25, 0.3) is 0 Å². The average Bonchev–Trinajstić information content (AvgIpc) is 2.75. The molecule has 0 aliphatic carbocycles. The van der Waals surface area contributed by atoms with Gasteiger partial charge in [0.2, 0.25) is 0 Å². The minimum absolute atomic E-state index is 0.193. The Morgan fingerprint density at radius 2 is 1.38 bits per heavy atom. The molecule has 3 nitrogen and oxygen atoms in total. The van der Waals surface area contributed by atoms with Crippen molar-refractivity contribution in [1.82, 2.24) is 0 Å². The molecule has 2 N–H and O–H groups in total. The zero-order valence-electron chi connectivity index (χ0n) is 17.7.